The summed E-state index contributed by atoms with van der Waals surface area (Å²) in [5, 5.41) is 4.28. The quantitative estimate of drug-likeness (QED) is 0.890. The first-order valence-corrected chi connectivity index (χ1v) is 8.44. The molecule has 2 aliphatic heterocycles. The van der Waals surface area contributed by atoms with Gasteiger partial charge in [-0.15, -0.1) is 11.8 Å². The molecule has 2 nitrogen and oxygen atoms in total. The van der Waals surface area contributed by atoms with Crippen molar-refractivity contribution in [3.63, 3.8) is 0 Å². The van der Waals surface area contributed by atoms with Crippen molar-refractivity contribution in [2.24, 2.45) is 0 Å². The summed E-state index contributed by atoms with van der Waals surface area (Å²) < 4.78 is 0. The summed E-state index contributed by atoms with van der Waals surface area (Å²) in [5.41, 5.74) is 1.56. The van der Waals surface area contributed by atoms with Gasteiger partial charge in [-0.25, -0.2) is 0 Å². The number of likely N-dealkylation sites (N-methyl/N-ethyl adjacent to an activating group) is 1. The van der Waals surface area contributed by atoms with E-state index in [1.807, 2.05) is 0 Å². The van der Waals surface area contributed by atoms with E-state index in [1.54, 1.807) is 5.56 Å². The molecule has 0 aromatic heterocycles. The topological polar surface area (TPSA) is 15.3 Å². The minimum absolute atomic E-state index is 0.764. The summed E-state index contributed by atoms with van der Waals surface area (Å²) in [5.74, 6) is 0. The third-order valence-electron chi connectivity index (χ3n) is 4.28. The molecule has 0 radical (unpaired) electrons. The van der Waals surface area contributed by atoms with Crippen LogP contribution in [0.2, 0.25) is 0 Å². The second-order valence-electron chi connectivity index (χ2n) is 5.65. The first kappa shape index (κ1) is 13.5. The van der Waals surface area contributed by atoms with Crippen molar-refractivity contribution in [2.75, 3.05) is 26.2 Å². The molecule has 0 spiro atoms. The highest BCUT2D eigenvalue weighted by molar-refractivity contribution is 8.00. The molecule has 3 heteroatoms. The van der Waals surface area contributed by atoms with Crippen LogP contribution in [0, 0.1) is 0 Å². The first-order valence-electron chi connectivity index (χ1n) is 7.56. The Hall–Kier alpha value is -0.510. The zero-order valence-electron chi connectivity index (χ0n) is 11.8. The van der Waals surface area contributed by atoms with E-state index in [4.69, 9.17) is 0 Å². The lowest BCUT2D eigenvalue weighted by Gasteiger charge is -2.27. The second kappa shape index (κ2) is 6.29. The van der Waals surface area contributed by atoms with Crippen LogP contribution in [0.15, 0.2) is 29.2 Å². The number of thioether (sulfide) groups is 1. The Labute approximate surface area is 121 Å². The lowest BCUT2D eigenvalue weighted by Crippen LogP contribution is -2.41. The van der Waals surface area contributed by atoms with E-state index in [2.05, 4.69) is 53.2 Å². The summed E-state index contributed by atoms with van der Waals surface area (Å²) in [6, 6.07) is 9.68. The van der Waals surface area contributed by atoms with Gasteiger partial charge in [-0.3, -0.25) is 4.90 Å². The average molecular weight is 276 g/mol. The molecule has 1 fully saturated rings. The predicted molar refractivity (Wildman–Crippen MR) is 82.9 cm³/mol. The van der Waals surface area contributed by atoms with Crippen molar-refractivity contribution in [2.45, 2.75) is 42.4 Å². The molecule has 1 aromatic rings. The summed E-state index contributed by atoms with van der Waals surface area (Å²) in [6.07, 6.45) is 4.00. The summed E-state index contributed by atoms with van der Waals surface area (Å²) in [4.78, 5) is 4.22. The molecule has 2 aliphatic rings. The number of rotatable bonds is 5. The van der Waals surface area contributed by atoms with Crippen LogP contribution in [0.5, 0.6) is 0 Å². The van der Waals surface area contributed by atoms with E-state index < -0.39 is 0 Å². The Balaban J connectivity index is 1.55. The van der Waals surface area contributed by atoms with Crippen LogP contribution in [0.4, 0.5) is 0 Å². The molecule has 19 heavy (non-hydrogen) atoms. The van der Waals surface area contributed by atoms with Gasteiger partial charge in [0, 0.05) is 29.3 Å². The highest BCUT2D eigenvalue weighted by Gasteiger charge is 2.29. The minimum Gasteiger partial charge on any atom is -0.315 e. The fourth-order valence-electron chi connectivity index (χ4n) is 3.29. The fourth-order valence-corrected chi connectivity index (χ4v) is 4.64. The largest absolute Gasteiger partial charge is 0.315 e. The van der Waals surface area contributed by atoms with Crippen LogP contribution in [0.1, 0.15) is 25.3 Å². The lowest BCUT2D eigenvalue weighted by molar-refractivity contribution is 0.249. The van der Waals surface area contributed by atoms with Gasteiger partial charge in [-0.2, -0.15) is 0 Å². The van der Waals surface area contributed by atoms with Gasteiger partial charge < -0.3 is 5.32 Å². The third kappa shape index (κ3) is 3.15. The van der Waals surface area contributed by atoms with Crippen LogP contribution in [-0.2, 0) is 6.42 Å². The van der Waals surface area contributed by atoms with Gasteiger partial charge in [0.1, 0.15) is 0 Å². The maximum Gasteiger partial charge on any atom is 0.0263 e. The molecule has 0 saturated carbocycles. The second-order valence-corrected chi connectivity index (χ2v) is 6.99. The highest BCUT2D eigenvalue weighted by atomic mass is 32.2. The summed E-state index contributed by atoms with van der Waals surface area (Å²) >= 11 is 2.09. The Morgan fingerprint density at radius 2 is 2.26 bits per heavy atom. The number of likely N-dealkylation sites (tertiary alicyclic amines) is 1. The van der Waals surface area contributed by atoms with Crippen LogP contribution >= 0.6 is 11.8 Å². The van der Waals surface area contributed by atoms with E-state index in [1.165, 1.54) is 43.8 Å². The summed E-state index contributed by atoms with van der Waals surface area (Å²) in [7, 11) is 0. The molecule has 1 N–H and O–H groups in total. The smallest absolute Gasteiger partial charge is 0.0263 e. The van der Waals surface area contributed by atoms with Crippen LogP contribution < -0.4 is 5.32 Å². The van der Waals surface area contributed by atoms with Gasteiger partial charge in [0.25, 0.3) is 0 Å². The minimum atomic E-state index is 0.764. The van der Waals surface area contributed by atoms with E-state index in [0.29, 0.717) is 0 Å². The third-order valence-corrected chi connectivity index (χ3v) is 5.58. The molecule has 3 rings (SSSR count). The van der Waals surface area contributed by atoms with E-state index >= 15 is 0 Å². The molecule has 1 aromatic carbocycles. The van der Waals surface area contributed by atoms with Gasteiger partial charge in [-0.1, -0.05) is 25.1 Å². The van der Waals surface area contributed by atoms with E-state index in [0.717, 1.165) is 17.8 Å². The van der Waals surface area contributed by atoms with Gasteiger partial charge in [-0.05, 0) is 44.0 Å². The zero-order chi connectivity index (χ0) is 13.1. The van der Waals surface area contributed by atoms with Crippen LogP contribution in [0.3, 0.4) is 0 Å². The van der Waals surface area contributed by atoms with E-state index in [-0.39, 0.29) is 0 Å². The highest BCUT2D eigenvalue weighted by Crippen LogP contribution is 2.37. The number of fused-ring (bicyclic) bond motifs is 1. The predicted octanol–water partition coefficient (Wildman–Crippen LogP) is 2.78. The van der Waals surface area contributed by atoms with Crippen molar-refractivity contribution < 1.29 is 0 Å². The Kier molecular flexibility index (Phi) is 4.46. The Morgan fingerprint density at radius 1 is 1.37 bits per heavy atom. The number of hydrogen-bond acceptors (Lipinski definition) is 3. The monoisotopic (exact) mass is 276 g/mol. The Morgan fingerprint density at radius 3 is 3.11 bits per heavy atom. The SMILES string of the molecule is CCNCC1CCCN1CC1Cc2ccccc2S1. The number of nitrogens with zero attached hydrogens (tertiary/aromatic N) is 1. The Bertz CT molecular complexity index is 396. The van der Waals surface area contributed by atoms with Gasteiger partial charge in [0.2, 0.25) is 0 Å². The molecular weight excluding hydrogens is 252 g/mol. The molecule has 0 aliphatic carbocycles. The van der Waals surface area contributed by atoms with Crippen molar-refractivity contribution in [3.8, 4) is 0 Å². The average Bonchev–Trinajstić information content (AvgIpc) is 3.02. The number of nitrogens with one attached hydrogen (secondary N) is 1. The van der Waals surface area contributed by atoms with E-state index in [9.17, 15) is 0 Å². The van der Waals surface area contributed by atoms with Gasteiger partial charge >= 0.3 is 0 Å². The molecule has 2 atom stereocenters. The summed E-state index contributed by atoms with van der Waals surface area (Å²) in [6.45, 7) is 7.01. The van der Waals surface area contributed by atoms with Crippen molar-refractivity contribution in [1.29, 1.82) is 0 Å². The van der Waals surface area contributed by atoms with Crippen molar-refractivity contribution in [3.05, 3.63) is 29.8 Å². The van der Waals surface area contributed by atoms with Gasteiger partial charge in [0.05, 0.1) is 0 Å². The maximum absolute atomic E-state index is 3.51. The molecule has 2 unspecified atom stereocenters. The molecule has 0 bridgehead atoms. The molecule has 1 saturated heterocycles. The zero-order valence-corrected chi connectivity index (χ0v) is 12.6. The molecular formula is C16H24N2S. The van der Waals surface area contributed by atoms with Gasteiger partial charge in [0.15, 0.2) is 0 Å². The number of hydrogen-bond donors (Lipinski definition) is 1. The standard InChI is InChI=1S/C16H24N2S/c1-2-17-11-14-7-5-9-18(14)12-15-10-13-6-3-4-8-16(13)19-15/h3-4,6,8,14-15,17H,2,5,7,9-12H2,1H3. The molecule has 2 heterocycles. The normalized spacial score (nSPS) is 26.8. The van der Waals surface area contributed by atoms with Crippen molar-refractivity contribution in [1.82, 2.24) is 10.2 Å². The molecule has 0 amide bonds. The van der Waals surface area contributed by atoms with Crippen LogP contribution in [-0.4, -0.2) is 42.4 Å². The van der Waals surface area contributed by atoms with Crippen molar-refractivity contribution >= 4 is 11.8 Å². The number of benzene rings is 1. The molecule has 104 valence electrons. The lowest BCUT2D eigenvalue weighted by atomic mass is 10.1. The van der Waals surface area contributed by atoms with Crippen LogP contribution in [0.25, 0.3) is 0 Å². The maximum atomic E-state index is 3.51. The first-order chi connectivity index (χ1) is 9.36. The fraction of sp³-hybridized carbons (Fsp3) is 0.625.